The Hall–Kier alpha value is -6.86. The first-order valence-electron chi connectivity index (χ1n) is 28.8. The first kappa shape index (κ1) is 72.2. The fraction of sp³-hybridized carbons (Fsp3) is 0.702. The van der Waals surface area contributed by atoms with Crippen LogP contribution in [-0.4, -0.2) is 167 Å². The van der Waals surface area contributed by atoms with Gasteiger partial charge in [0, 0.05) is 45.9 Å². The van der Waals surface area contributed by atoms with Crippen molar-refractivity contribution in [1.29, 1.82) is 0 Å². The van der Waals surface area contributed by atoms with E-state index >= 15 is 0 Å². The Morgan fingerprint density at radius 2 is 1.10 bits per heavy atom. The lowest BCUT2D eigenvalue weighted by molar-refractivity contribution is -0.192. The number of amides is 10. The standard InChI is InChI=1S/C55H91N11O10.C2HF3O2/c1-34(2)29-43(51(72)59-44(30-35(3)4)52(73)60-45(31-36(5)6)53(74)63-62-49(70)41-22-27-64(28-23-41)38(9)67)58-50(71)42(21-20-40-17-12-11-13-18-40)57-48(69)33-65(25-15-14-24-56)55(76)46(32-37(7)8)61-54(75)47-19-16-26-66(47)39(10)68;3-2(4,5)1(6)7/h11-13,17-18,34-37,41-47H,14-16,19-33,56H2,1-10H3,(H,57,69)(H,58,71)(H,59,72)(H,60,73)(H,61,75)(H,62,70)(H,63,74);(H,6,7)/t42-,43-,44-,45+,46-,47-;/m0./s1. The molecule has 10 N–H and O–H groups in total. The lowest BCUT2D eigenvalue weighted by atomic mass is 9.96. The first-order chi connectivity index (χ1) is 38.8. The molecule has 1 aromatic carbocycles. The summed E-state index contributed by atoms with van der Waals surface area (Å²) in [7, 11) is 0. The molecule has 0 aliphatic carbocycles. The third-order valence-electron chi connectivity index (χ3n) is 13.9. The number of carboxylic acid groups (broad SMARTS) is 1. The highest BCUT2D eigenvalue weighted by molar-refractivity contribution is 5.97. The Labute approximate surface area is 486 Å². The van der Waals surface area contributed by atoms with Crippen molar-refractivity contribution in [3.63, 3.8) is 0 Å². The van der Waals surface area contributed by atoms with Gasteiger partial charge in [0.2, 0.25) is 53.2 Å². The van der Waals surface area contributed by atoms with Gasteiger partial charge in [-0.05, 0) is 113 Å². The van der Waals surface area contributed by atoms with Crippen LogP contribution >= 0.6 is 0 Å². The molecule has 2 aliphatic heterocycles. The maximum atomic E-state index is 14.5. The molecular formula is C57H92F3N11O12. The summed E-state index contributed by atoms with van der Waals surface area (Å²) in [6.07, 6.45) is -0.748. The van der Waals surface area contributed by atoms with Gasteiger partial charge in [-0.25, -0.2) is 4.79 Å². The number of alkyl halides is 3. The van der Waals surface area contributed by atoms with Crippen molar-refractivity contribution in [2.45, 2.75) is 189 Å². The summed E-state index contributed by atoms with van der Waals surface area (Å²) in [4.78, 5) is 149. The maximum Gasteiger partial charge on any atom is 0.490 e. The SMILES string of the molecule is CC(=O)N1CCC(C(=O)NNC(=O)[C@@H](CC(C)C)NC(=O)[C@H](CC(C)C)NC(=O)[C@H](CC(C)C)NC(=O)[C@H](CCc2ccccc2)NC(=O)CN(CCCCN)C(=O)[C@H](CC(C)C)NC(=O)[C@@H]2CCCN2C(C)=O)CC1.O=C(O)C(F)(F)F. The molecule has 0 saturated carbocycles. The topological polar surface area (TPSA) is 328 Å². The number of piperidine rings is 1. The van der Waals surface area contributed by atoms with E-state index in [1.54, 1.807) is 4.90 Å². The zero-order chi connectivity index (χ0) is 62.7. The van der Waals surface area contributed by atoms with Crippen LogP contribution in [0.5, 0.6) is 0 Å². The molecule has 10 amide bonds. The molecule has 468 valence electrons. The first-order valence-corrected chi connectivity index (χ1v) is 28.8. The smallest absolute Gasteiger partial charge is 0.475 e. The summed E-state index contributed by atoms with van der Waals surface area (Å²) >= 11 is 0. The zero-order valence-electron chi connectivity index (χ0n) is 50.0. The van der Waals surface area contributed by atoms with E-state index in [1.165, 1.54) is 23.6 Å². The van der Waals surface area contributed by atoms with Crippen molar-refractivity contribution >= 4 is 65.0 Å². The lowest BCUT2D eigenvalue weighted by Gasteiger charge is -2.31. The van der Waals surface area contributed by atoms with Gasteiger partial charge in [-0.2, -0.15) is 13.2 Å². The number of halogens is 3. The van der Waals surface area contributed by atoms with Gasteiger partial charge in [-0.1, -0.05) is 85.7 Å². The van der Waals surface area contributed by atoms with Crippen LogP contribution in [0, 0.1) is 29.6 Å². The molecule has 0 aromatic heterocycles. The molecule has 26 heteroatoms. The van der Waals surface area contributed by atoms with E-state index in [0.717, 1.165) is 5.56 Å². The van der Waals surface area contributed by atoms with Gasteiger partial charge in [-0.15, -0.1) is 0 Å². The Bertz CT molecular complexity index is 2320. The van der Waals surface area contributed by atoms with Gasteiger partial charge in [0.1, 0.15) is 36.3 Å². The molecule has 0 radical (unpaired) electrons. The largest absolute Gasteiger partial charge is 0.490 e. The van der Waals surface area contributed by atoms with E-state index in [9.17, 15) is 61.1 Å². The Morgan fingerprint density at radius 3 is 1.55 bits per heavy atom. The van der Waals surface area contributed by atoms with Gasteiger partial charge in [0.15, 0.2) is 0 Å². The predicted octanol–water partition coefficient (Wildman–Crippen LogP) is 2.85. The molecule has 2 heterocycles. The van der Waals surface area contributed by atoms with E-state index in [0.29, 0.717) is 71.1 Å². The second kappa shape index (κ2) is 36.0. The minimum atomic E-state index is -5.08. The van der Waals surface area contributed by atoms with E-state index in [1.807, 2.05) is 85.7 Å². The highest BCUT2D eigenvalue weighted by Gasteiger charge is 2.39. The summed E-state index contributed by atoms with van der Waals surface area (Å²) in [6, 6.07) is 3.09. The molecule has 0 spiro atoms. The van der Waals surface area contributed by atoms with Crippen LogP contribution < -0.4 is 43.2 Å². The number of aliphatic carboxylic acids is 1. The summed E-state index contributed by atoms with van der Waals surface area (Å²) in [5.41, 5.74) is 11.7. The van der Waals surface area contributed by atoms with Crippen LogP contribution in [0.4, 0.5) is 13.2 Å². The maximum absolute atomic E-state index is 14.5. The number of hydrogen-bond acceptors (Lipinski definition) is 12. The van der Waals surface area contributed by atoms with E-state index in [-0.39, 0.29) is 74.1 Å². The van der Waals surface area contributed by atoms with Gasteiger partial charge in [0.05, 0.1) is 6.54 Å². The average molecular weight is 1180 g/mol. The molecule has 83 heavy (non-hydrogen) atoms. The number of hydrogen-bond donors (Lipinski definition) is 9. The van der Waals surface area contributed by atoms with Crippen LogP contribution in [0.15, 0.2) is 30.3 Å². The van der Waals surface area contributed by atoms with Crippen LogP contribution in [0.2, 0.25) is 0 Å². The number of likely N-dealkylation sites (tertiary alicyclic amines) is 2. The van der Waals surface area contributed by atoms with E-state index in [4.69, 9.17) is 15.6 Å². The highest BCUT2D eigenvalue weighted by atomic mass is 19.4. The van der Waals surface area contributed by atoms with Crippen molar-refractivity contribution in [3.05, 3.63) is 35.9 Å². The number of nitrogens with two attached hydrogens (primary N) is 1. The normalized spacial score (nSPS) is 16.3. The van der Waals surface area contributed by atoms with Crippen LogP contribution in [-0.2, 0) is 59.2 Å². The fourth-order valence-corrected chi connectivity index (χ4v) is 9.64. The third-order valence-corrected chi connectivity index (χ3v) is 13.9. The average Bonchev–Trinajstić information content (AvgIpc) is 4.18. The number of hydrazine groups is 1. The molecule has 2 saturated heterocycles. The Balaban J connectivity index is 0.00000314. The van der Waals surface area contributed by atoms with Crippen molar-refractivity contribution in [2.24, 2.45) is 35.3 Å². The fourth-order valence-electron chi connectivity index (χ4n) is 9.64. The molecule has 3 rings (SSSR count). The second-order valence-electron chi connectivity index (χ2n) is 23.1. The van der Waals surface area contributed by atoms with Gasteiger partial charge < -0.3 is 52.1 Å². The predicted molar refractivity (Wildman–Crippen MR) is 302 cm³/mol. The van der Waals surface area contributed by atoms with Crippen LogP contribution in [0.3, 0.4) is 0 Å². The number of carboxylic acids is 1. The molecule has 0 unspecified atom stereocenters. The van der Waals surface area contributed by atoms with Crippen LogP contribution in [0.25, 0.3) is 0 Å². The number of aryl methyl sites for hydroxylation is 1. The number of unbranched alkanes of at least 4 members (excludes halogenated alkanes) is 1. The number of rotatable bonds is 29. The van der Waals surface area contributed by atoms with Crippen molar-refractivity contribution in [3.8, 4) is 0 Å². The Morgan fingerprint density at radius 1 is 0.614 bits per heavy atom. The van der Waals surface area contributed by atoms with Gasteiger partial charge >= 0.3 is 12.1 Å². The lowest BCUT2D eigenvalue weighted by Crippen LogP contribution is -2.60. The third kappa shape index (κ3) is 26.9. The van der Waals surface area contributed by atoms with Gasteiger partial charge in [0.25, 0.3) is 5.91 Å². The zero-order valence-corrected chi connectivity index (χ0v) is 50.0. The molecule has 2 aliphatic rings. The van der Waals surface area contributed by atoms with Crippen molar-refractivity contribution < 1.29 is 71.0 Å². The number of nitrogens with zero attached hydrogens (tertiary/aromatic N) is 3. The molecule has 23 nitrogen and oxygen atoms in total. The van der Waals surface area contributed by atoms with E-state index in [2.05, 4.69) is 37.4 Å². The summed E-state index contributed by atoms with van der Waals surface area (Å²) < 4.78 is 31.7. The molecule has 0 bridgehead atoms. The highest BCUT2D eigenvalue weighted by Crippen LogP contribution is 2.21. The quantitative estimate of drug-likeness (QED) is 0.0412. The number of benzene rings is 1. The van der Waals surface area contributed by atoms with Gasteiger partial charge in [-0.3, -0.25) is 58.8 Å². The van der Waals surface area contributed by atoms with Crippen molar-refractivity contribution in [1.82, 2.24) is 52.1 Å². The molecule has 1 aromatic rings. The number of carbonyl (C=O) groups excluding carboxylic acids is 10. The number of nitrogens with one attached hydrogen (secondary N) is 7. The molecule has 6 atom stereocenters. The number of carbonyl (C=O) groups is 11. The van der Waals surface area contributed by atoms with E-state index < -0.39 is 108 Å². The minimum absolute atomic E-state index is 0.0251. The Kier molecular flexibility index (Phi) is 31.3. The molecule has 2 fully saturated rings. The summed E-state index contributed by atoms with van der Waals surface area (Å²) in [6.45, 7) is 19.3. The summed E-state index contributed by atoms with van der Waals surface area (Å²) in [5, 5.41) is 21.4. The summed E-state index contributed by atoms with van der Waals surface area (Å²) in [5.74, 6) is -8.32. The molecular weight excluding hydrogens is 1090 g/mol. The van der Waals surface area contributed by atoms with Crippen LogP contribution in [0.1, 0.15) is 145 Å². The monoisotopic (exact) mass is 1180 g/mol. The minimum Gasteiger partial charge on any atom is -0.475 e. The second-order valence-corrected chi connectivity index (χ2v) is 23.1. The van der Waals surface area contributed by atoms with Crippen molar-refractivity contribution in [2.75, 3.05) is 39.3 Å².